The van der Waals surface area contributed by atoms with Gasteiger partial charge in [-0.3, -0.25) is 0 Å². The summed E-state index contributed by atoms with van der Waals surface area (Å²) in [5.74, 6) is 5.51. The Morgan fingerprint density at radius 2 is 2.70 bits per heavy atom. The molecular weight excluding hydrogens is 146 g/mol. The molecule has 0 bridgehead atoms. The predicted molar refractivity (Wildman–Crippen MR) is 41.1 cm³/mol. The molecule has 52 valence electrons. The Hall–Kier alpha value is -1.01. The molecule has 0 radical (unpaired) electrons. The fourth-order valence-electron chi connectivity index (χ4n) is 0.452. The summed E-state index contributed by atoms with van der Waals surface area (Å²) in [6, 6.07) is 0. The molecule has 1 aromatic heterocycles. The van der Waals surface area contributed by atoms with Crippen LogP contribution in [0.15, 0.2) is 11.6 Å². The molecule has 3 heteroatoms. The molecule has 0 fully saturated rings. The van der Waals surface area contributed by atoms with E-state index in [4.69, 9.17) is 4.74 Å². The first-order valence-electron chi connectivity index (χ1n) is 2.85. The molecule has 0 saturated carbocycles. The topological polar surface area (TPSA) is 22.1 Å². The van der Waals surface area contributed by atoms with Gasteiger partial charge >= 0.3 is 0 Å². The lowest BCUT2D eigenvalue weighted by Crippen LogP contribution is -1.91. The third kappa shape index (κ3) is 2.08. The molecule has 2 nitrogen and oxygen atoms in total. The molecule has 0 saturated heterocycles. The smallest absolute Gasteiger partial charge is 0.274 e. The highest BCUT2D eigenvalue weighted by Gasteiger charge is 1.90. The van der Waals surface area contributed by atoms with E-state index >= 15 is 0 Å². The van der Waals surface area contributed by atoms with Gasteiger partial charge in [0.25, 0.3) is 5.19 Å². The van der Waals surface area contributed by atoms with Crippen molar-refractivity contribution < 1.29 is 4.74 Å². The Morgan fingerprint density at radius 3 is 3.30 bits per heavy atom. The SMILES string of the molecule is CC#CCOc1nccs1. The predicted octanol–water partition coefficient (Wildman–Crippen LogP) is 1.55. The summed E-state index contributed by atoms with van der Waals surface area (Å²) in [7, 11) is 0. The molecule has 0 aliphatic carbocycles. The van der Waals surface area contributed by atoms with Gasteiger partial charge in [-0.05, 0) is 6.92 Å². The molecule has 10 heavy (non-hydrogen) atoms. The Kier molecular flexibility index (Phi) is 2.78. The van der Waals surface area contributed by atoms with Crippen molar-refractivity contribution in [2.24, 2.45) is 0 Å². The van der Waals surface area contributed by atoms with Gasteiger partial charge in [0.05, 0.1) is 0 Å². The van der Waals surface area contributed by atoms with Gasteiger partial charge in [-0.25, -0.2) is 4.98 Å². The molecule has 1 heterocycles. The van der Waals surface area contributed by atoms with Crippen molar-refractivity contribution in [3.8, 4) is 17.0 Å². The highest BCUT2D eigenvalue weighted by molar-refractivity contribution is 7.11. The quantitative estimate of drug-likeness (QED) is 0.601. The molecule has 0 amide bonds. The van der Waals surface area contributed by atoms with Crippen LogP contribution in [0, 0.1) is 11.8 Å². The van der Waals surface area contributed by atoms with Crippen LogP contribution in [0.5, 0.6) is 5.19 Å². The summed E-state index contributed by atoms with van der Waals surface area (Å²) < 4.78 is 5.12. The van der Waals surface area contributed by atoms with Gasteiger partial charge in [0.15, 0.2) is 6.61 Å². The molecule has 0 aliphatic heterocycles. The third-order valence-electron chi connectivity index (χ3n) is 0.854. The molecule has 0 unspecified atom stereocenters. The molecule has 0 spiro atoms. The van der Waals surface area contributed by atoms with E-state index in [1.165, 1.54) is 11.3 Å². The normalized spacial score (nSPS) is 8.10. The molecule has 0 aliphatic rings. The summed E-state index contributed by atoms with van der Waals surface area (Å²) in [5, 5.41) is 2.55. The maximum Gasteiger partial charge on any atom is 0.274 e. The Bertz CT molecular complexity index is 232. The Balaban J connectivity index is 2.32. The van der Waals surface area contributed by atoms with Gasteiger partial charge in [-0.1, -0.05) is 17.3 Å². The number of ether oxygens (including phenoxy) is 1. The van der Waals surface area contributed by atoms with E-state index in [0.29, 0.717) is 11.8 Å². The van der Waals surface area contributed by atoms with Crippen LogP contribution in [-0.4, -0.2) is 11.6 Å². The summed E-state index contributed by atoms with van der Waals surface area (Å²) in [6.07, 6.45) is 1.71. The summed E-state index contributed by atoms with van der Waals surface area (Å²) in [5.41, 5.74) is 0. The number of thiazole rings is 1. The summed E-state index contributed by atoms with van der Waals surface area (Å²) in [6.45, 7) is 2.22. The first-order chi connectivity index (χ1) is 4.93. The maximum atomic E-state index is 5.12. The number of rotatable bonds is 2. The van der Waals surface area contributed by atoms with Crippen molar-refractivity contribution in [2.75, 3.05) is 6.61 Å². The van der Waals surface area contributed by atoms with E-state index < -0.39 is 0 Å². The fourth-order valence-corrected chi connectivity index (χ4v) is 0.938. The first-order valence-corrected chi connectivity index (χ1v) is 3.73. The number of aromatic nitrogens is 1. The van der Waals surface area contributed by atoms with E-state index in [1.807, 2.05) is 5.38 Å². The van der Waals surface area contributed by atoms with Crippen LogP contribution in [0.25, 0.3) is 0 Å². The molecule has 0 N–H and O–H groups in total. The van der Waals surface area contributed by atoms with Gasteiger partial charge in [-0.2, -0.15) is 0 Å². The lowest BCUT2D eigenvalue weighted by atomic mass is 10.6. The van der Waals surface area contributed by atoms with Crippen molar-refractivity contribution in [3.63, 3.8) is 0 Å². The highest BCUT2D eigenvalue weighted by atomic mass is 32.1. The number of hydrogen-bond acceptors (Lipinski definition) is 3. The van der Waals surface area contributed by atoms with Gasteiger partial charge < -0.3 is 4.74 Å². The van der Waals surface area contributed by atoms with Crippen LogP contribution >= 0.6 is 11.3 Å². The largest absolute Gasteiger partial charge is 0.457 e. The third-order valence-corrected chi connectivity index (χ3v) is 1.54. The van der Waals surface area contributed by atoms with E-state index in [9.17, 15) is 0 Å². The molecule has 1 aromatic rings. The Morgan fingerprint density at radius 1 is 1.80 bits per heavy atom. The highest BCUT2D eigenvalue weighted by Crippen LogP contribution is 2.12. The molecule has 1 rings (SSSR count). The lowest BCUT2D eigenvalue weighted by molar-refractivity contribution is 0.368. The lowest BCUT2D eigenvalue weighted by Gasteiger charge is -1.91. The zero-order chi connectivity index (χ0) is 7.23. The summed E-state index contributed by atoms with van der Waals surface area (Å²) in [4.78, 5) is 3.92. The second kappa shape index (κ2) is 3.91. The number of nitrogens with zero attached hydrogens (tertiary/aromatic N) is 1. The van der Waals surface area contributed by atoms with Crippen LogP contribution < -0.4 is 4.74 Å². The van der Waals surface area contributed by atoms with Crippen molar-refractivity contribution in [1.29, 1.82) is 0 Å². The van der Waals surface area contributed by atoms with Gasteiger partial charge in [-0.15, -0.1) is 5.92 Å². The van der Waals surface area contributed by atoms with Crippen molar-refractivity contribution in [1.82, 2.24) is 4.98 Å². The standard InChI is InChI=1S/C7H7NOS/c1-2-3-5-9-7-8-4-6-10-7/h4,6H,5H2,1H3. The zero-order valence-corrected chi connectivity index (χ0v) is 6.44. The van der Waals surface area contributed by atoms with E-state index in [1.54, 1.807) is 13.1 Å². The minimum absolute atomic E-state index is 0.435. The van der Waals surface area contributed by atoms with Crippen molar-refractivity contribution >= 4 is 11.3 Å². The van der Waals surface area contributed by atoms with Crippen molar-refractivity contribution in [3.05, 3.63) is 11.6 Å². The van der Waals surface area contributed by atoms with Crippen LogP contribution in [0.1, 0.15) is 6.92 Å². The average Bonchev–Trinajstić information content (AvgIpc) is 2.41. The number of hydrogen-bond donors (Lipinski definition) is 0. The average molecular weight is 153 g/mol. The first kappa shape index (κ1) is 7.10. The van der Waals surface area contributed by atoms with E-state index in [0.717, 1.165) is 0 Å². The van der Waals surface area contributed by atoms with E-state index in [2.05, 4.69) is 16.8 Å². The van der Waals surface area contributed by atoms with Gasteiger partial charge in [0, 0.05) is 11.6 Å². The zero-order valence-electron chi connectivity index (χ0n) is 5.63. The second-order valence-electron chi connectivity index (χ2n) is 1.51. The van der Waals surface area contributed by atoms with Crippen LogP contribution in [0.2, 0.25) is 0 Å². The Labute approximate surface area is 63.9 Å². The van der Waals surface area contributed by atoms with Crippen LogP contribution in [-0.2, 0) is 0 Å². The summed E-state index contributed by atoms with van der Waals surface area (Å²) >= 11 is 1.47. The fraction of sp³-hybridized carbons (Fsp3) is 0.286. The minimum Gasteiger partial charge on any atom is -0.457 e. The minimum atomic E-state index is 0.435. The monoisotopic (exact) mass is 153 g/mol. The van der Waals surface area contributed by atoms with Crippen LogP contribution in [0.3, 0.4) is 0 Å². The van der Waals surface area contributed by atoms with Gasteiger partial charge in [0.2, 0.25) is 0 Å². The molecule has 0 atom stereocenters. The van der Waals surface area contributed by atoms with Gasteiger partial charge in [0.1, 0.15) is 0 Å². The molecular formula is C7H7NOS. The maximum absolute atomic E-state index is 5.12. The van der Waals surface area contributed by atoms with Crippen molar-refractivity contribution in [2.45, 2.75) is 6.92 Å². The van der Waals surface area contributed by atoms with Crippen LogP contribution in [0.4, 0.5) is 0 Å². The molecule has 0 aromatic carbocycles. The second-order valence-corrected chi connectivity index (χ2v) is 2.37. The van der Waals surface area contributed by atoms with E-state index in [-0.39, 0.29) is 0 Å².